The predicted molar refractivity (Wildman–Crippen MR) is 89.8 cm³/mol. The van der Waals surface area contributed by atoms with E-state index in [9.17, 15) is 10.4 Å². The van der Waals surface area contributed by atoms with Crippen molar-refractivity contribution in [2.24, 2.45) is 10.3 Å². The summed E-state index contributed by atoms with van der Waals surface area (Å²) in [5, 5.41) is 26.4. The molecule has 0 fully saturated rings. The van der Waals surface area contributed by atoms with Gasteiger partial charge in [0, 0.05) is 51.3 Å². The first-order valence-corrected chi connectivity index (χ1v) is 7.19. The van der Waals surface area contributed by atoms with Crippen molar-refractivity contribution < 1.29 is 9.47 Å². The van der Waals surface area contributed by atoms with Crippen LogP contribution in [0.3, 0.4) is 0 Å². The molecule has 2 heterocycles. The average molecular weight is 336 g/mol. The van der Waals surface area contributed by atoms with Gasteiger partial charge in [0.1, 0.15) is 24.9 Å². The van der Waals surface area contributed by atoms with Crippen LogP contribution in [0, 0.1) is 10.4 Å². The van der Waals surface area contributed by atoms with Gasteiger partial charge < -0.3 is 49.8 Å². The van der Waals surface area contributed by atoms with Crippen LogP contribution < -0.4 is 0 Å². The first-order chi connectivity index (χ1) is 11.7. The van der Waals surface area contributed by atoms with Crippen molar-refractivity contribution in [2.75, 3.05) is 27.6 Å². The molecule has 0 aliphatic carbocycles. The van der Waals surface area contributed by atoms with E-state index in [1.54, 1.807) is 22.2 Å². The van der Waals surface area contributed by atoms with E-state index in [2.05, 4.69) is 10.3 Å². The molecule has 132 valence electrons. The minimum Gasteiger partial charge on any atom is -0.792 e. The highest BCUT2D eigenvalue weighted by atomic mass is 16.5. The fourth-order valence-electron chi connectivity index (χ4n) is 2.27. The van der Waals surface area contributed by atoms with Crippen molar-refractivity contribution in [3.63, 3.8) is 0 Å². The van der Waals surface area contributed by atoms with Gasteiger partial charge in [0.25, 0.3) is 0 Å². The lowest BCUT2D eigenvalue weighted by atomic mass is 10.5. The molecule has 0 saturated carbocycles. The summed E-state index contributed by atoms with van der Waals surface area (Å²) in [6.07, 6.45) is 12.2. The third-order valence-corrected chi connectivity index (χ3v) is 3.58. The quantitative estimate of drug-likeness (QED) is 0.361. The van der Waals surface area contributed by atoms with Gasteiger partial charge in [0.15, 0.2) is 13.5 Å². The molecule has 0 bridgehead atoms. The molecule has 0 aromatic heterocycles. The van der Waals surface area contributed by atoms with Crippen molar-refractivity contribution in [1.29, 1.82) is 0 Å². The smallest absolute Gasteiger partial charge is 0.162 e. The fourth-order valence-corrected chi connectivity index (χ4v) is 2.27. The van der Waals surface area contributed by atoms with Gasteiger partial charge in [-0.15, -0.1) is 0 Å². The molecule has 0 spiro atoms. The van der Waals surface area contributed by atoms with E-state index >= 15 is 0 Å². The maximum absolute atomic E-state index is 10.4. The van der Waals surface area contributed by atoms with Crippen LogP contribution in [0.2, 0.25) is 0 Å². The van der Waals surface area contributed by atoms with Gasteiger partial charge >= 0.3 is 0 Å². The van der Waals surface area contributed by atoms with Gasteiger partial charge in [-0.3, -0.25) is 0 Å². The largest absolute Gasteiger partial charge is 0.792 e. The summed E-state index contributed by atoms with van der Waals surface area (Å²) in [5.74, 6) is 0. The molecule has 2 rings (SSSR count). The molecule has 2 aliphatic rings. The molecule has 10 nitrogen and oxygen atoms in total. The predicted octanol–water partition coefficient (Wildman–Crippen LogP) is 0.632. The molecule has 0 saturated heterocycles. The van der Waals surface area contributed by atoms with E-state index in [4.69, 9.17) is 9.47 Å². The summed E-state index contributed by atoms with van der Waals surface area (Å²) in [4.78, 5) is 7.26. The van der Waals surface area contributed by atoms with E-state index < -0.39 is 0 Å². The van der Waals surface area contributed by atoms with Gasteiger partial charge in [0.05, 0.1) is 0 Å². The molecule has 0 radical (unpaired) electrons. The van der Waals surface area contributed by atoms with E-state index in [1.165, 1.54) is 25.0 Å². The second-order valence-electron chi connectivity index (χ2n) is 5.16. The summed E-state index contributed by atoms with van der Waals surface area (Å²) >= 11 is 0. The third-order valence-electron chi connectivity index (χ3n) is 3.58. The first-order valence-electron chi connectivity index (χ1n) is 7.19. The van der Waals surface area contributed by atoms with Crippen molar-refractivity contribution in [2.45, 2.75) is 12.3 Å². The average Bonchev–Trinajstić information content (AvgIpc) is 3.09. The van der Waals surface area contributed by atoms with Crippen molar-refractivity contribution >= 4 is 12.4 Å². The van der Waals surface area contributed by atoms with Gasteiger partial charge in [-0.2, -0.15) is 0 Å². The minimum atomic E-state index is -0.255. The normalized spacial score (nSPS) is 23.8. The fraction of sp³-hybridized carbons (Fsp3) is 0.429. The van der Waals surface area contributed by atoms with Gasteiger partial charge in [-0.1, -0.05) is 0 Å². The molecule has 0 amide bonds. The molecule has 2 atom stereocenters. The molecular formula is C14H20N6O4-2. The summed E-state index contributed by atoms with van der Waals surface area (Å²) in [6, 6.07) is 0. The van der Waals surface area contributed by atoms with Crippen molar-refractivity contribution in [3.8, 4) is 0 Å². The lowest BCUT2D eigenvalue weighted by Gasteiger charge is -2.27. The van der Waals surface area contributed by atoms with Gasteiger partial charge in [-0.05, 0) is 0 Å². The number of hydrogen-bond donors (Lipinski definition) is 0. The Labute approximate surface area is 140 Å². The third kappa shape index (κ3) is 4.24. The second-order valence-corrected chi connectivity index (χ2v) is 5.16. The van der Waals surface area contributed by atoms with Crippen molar-refractivity contribution in [1.82, 2.24) is 19.6 Å². The van der Waals surface area contributed by atoms with Gasteiger partial charge in [0.2, 0.25) is 0 Å². The first kappa shape index (κ1) is 17.3. The molecular weight excluding hydrogens is 316 g/mol. The summed E-state index contributed by atoms with van der Waals surface area (Å²) in [5.41, 5.74) is 0. The zero-order valence-electron chi connectivity index (χ0n) is 13.5. The molecule has 10 heteroatoms. The van der Waals surface area contributed by atoms with E-state index in [-0.39, 0.29) is 25.8 Å². The Morgan fingerprint density at radius 3 is 1.62 bits per heavy atom. The standard InChI is InChI=1S/C14H22N6O4/c1-17-3-5-19(13(17)9-15-21)11-23-7-8-24-12-20-6-4-18(2)14(20)10-16-22/h3-10,13-14,21-22H,11-12H2,1-2H3/p-2/b8-7+,15-9+,16-10+. The highest BCUT2D eigenvalue weighted by Crippen LogP contribution is 2.13. The molecule has 2 aliphatic heterocycles. The summed E-state index contributed by atoms with van der Waals surface area (Å²) in [7, 11) is 3.67. The Kier molecular flexibility index (Phi) is 6.17. The molecule has 24 heavy (non-hydrogen) atoms. The number of ether oxygens (including phenoxy) is 2. The second kappa shape index (κ2) is 8.56. The van der Waals surface area contributed by atoms with Crippen LogP contribution in [0.25, 0.3) is 0 Å². The van der Waals surface area contributed by atoms with Crippen LogP contribution in [0.5, 0.6) is 0 Å². The van der Waals surface area contributed by atoms with E-state index in [1.807, 2.05) is 36.3 Å². The molecule has 2 unspecified atom stereocenters. The highest BCUT2D eigenvalue weighted by Gasteiger charge is 2.22. The highest BCUT2D eigenvalue weighted by molar-refractivity contribution is 5.65. The van der Waals surface area contributed by atoms with Gasteiger partial charge in [-0.25, -0.2) is 0 Å². The van der Waals surface area contributed by atoms with Crippen molar-refractivity contribution in [3.05, 3.63) is 47.7 Å². The van der Waals surface area contributed by atoms with E-state index in [0.717, 1.165) is 0 Å². The Morgan fingerprint density at radius 2 is 1.25 bits per heavy atom. The maximum Gasteiger partial charge on any atom is 0.162 e. The lowest BCUT2D eigenvalue weighted by molar-refractivity contribution is 0.0725. The number of rotatable bonds is 8. The Morgan fingerprint density at radius 1 is 0.833 bits per heavy atom. The molecule has 0 aromatic carbocycles. The Hall–Kier alpha value is -3.04. The summed E-state index contributed by atoms with van der Waals surface area (Å²) in [6.45, 7) is 0.490. The van der Waals surface area contributed by atoms with Crippen LogP contribution in [-0.2, 0) is 9.47 Å². The van der Waals surface area contributed by atoms with Crippen LogP contribution in [0.1, 0.15) is 0 Å². The maximum atomic E-state index is 10.4. The number of nitrogens with zero attached hydrogens (tertiary/aromatic N) is 6. The topological polar surface area (TPSA) is 102 Å². The SMILES string of the molecule is CN1C=CN(CO/C=C/OCN2C=CN(C)C2/C=N/[O-])C1/C=N/[O-]. The van der Waals surface area contributed by atoms with E-state index in [0.29, 0.717) is 0 Å². The summed E-state index contributed by atoms with van der Waals surface area (Å²) < 4.78 is 10.7. The van der Waals surface area contributed by atoms with Crippen LogP contribution >= 0.6 is 0 Å². The number of hydrogen-bond acceptors (Lipinski definition) is 10. The Bertz CT molecular complexity index is 489. The van der Waals surface area contributed by atoms with Crippen LogP contribution in [0.15, 0.2) is 47.6 Å². The minimum absolute atomic E-state index is 0.245. The molecule has 0 N–H and O–H groups in total. The Balaban J connectivity index is 1.68. The zero-order valence-corrected chi connectivity index (χ0v) is 13.5. The lowest BCUT2D eigenvalue weighted by Crippen LogP contribution is -2.38. The van der Waals surface area contributed by atoms with Crippen LogP contribution in [-0.4, -0.2) is 71.9 Å². The van der Waals surface area contributed by atoms with Crippen LogP contribution in [0.4, 0.5) is 0 Å². The monoisotopic (exact) mass is 336 g/mol. The zero-order chi connectivity index (χ0) is 17.4. The molecule has 0 aromatic rings.